The Morgan fingerprint density at radius 1 is 1.18 bits per heavy atom. The lowest BCUT2D eigenvalue weighted by Crippen LogP contribution is -2.39. The van der Waals surface area contributed by atoms with Crippen LogP contribution in [0.3, 0.4) is 0 Å². The number of carbonyl (C=O) groups excluding carboxylic acids is 1. The number of likely N-dealkylation sites (tertiary alicyclic amines) is 1. The molecule has 1 saturated heterocycles. The predicted octanol–water partition coefficient (Wildman–Crippen LogP) is 3.06. The molecule has 1 aromatic rings. The molecule has 124 valence electrons. The van der Waals surface area contributed by atoms with E-state index < -0.39 is 0 Å². The molecule has 1 fully saturated rings. The molecule has 0 aromatic heterocycles. The SMILES string of the molecule is CCc1ccc(CC(=O)N2CCC(CCNC)CC2)cc1.Cl. The highest BCUT2D eigenvalue weighted by Gasteiger charge is 2.22. The maximum atomic E-state index is 12.4. The molecule has 3 nitrogen and oxygen atoms in total. The normalized spacial score (nSPS) is 15.5. The largest absolute Gasteiger partial charge is 0.342 e. The van der Waals surface area contributed by atoms with Gasteiger partial charge in [0.05, 0.1) is 6.42 Å². The van der Waals surface area contributed by atoms with Gasteiger partial charge in [0.25, 0.3) is 0 Å². The summed E-state index contributed by atoms with van der Waals surface area (Å²) in [6.07, 6.45) is 5.14. The maximum absolute atomic E-state index is 12.4. The van der Waals surface area contributed by atoms with Crippen molar-refractivity contribution in [2.75, 3.05) is 26.7 Å². The van der Waals surface area contributed by atoms with Gasteiger partial charge in [-0.3, -0.25) is 4.79 Å². The van der Waals surface area contributed by atoms with Crippen LogP contribution in [0, 0.1) is 5.92 Å². The first-order valence-electron chi connectivity index (χ1n) is 8.23. The van der Waals surface area contributed by atoms with E-state index in [4.69, 9.17) is 0 Å². The predicted molar refractivity (Wildman–Crippen MR) is 94.6 cm³/mol. The highest BCUT2D eigenvalue weighted by Crippen LogP contribution is 2.20. The third-order valence-corrected chi connectivity index (χ3v) is 4.56. The van der Waals surface area contributed by atoms with Crippen molar-refractivity contribution in [3.8, 4) is 0 Å². The maximum Gasteiger partial charge on any atom is 0.226 e. The van der Waals surface area contributed by atoms with Gasteiger partial charge in [0.1, 0.15) is 0 Å². The Hall–Kier alpha value is -1.06. The lowest BCUT2D eigenvalue weighted by molar-refractivity contribution is -0.131. The molecule has 0 spiro atoms. The number of nitrogens with zero attached hydrogens (tertiary/aromatic N) is 1. The van der Waals surface area contributed by atoms with Crippen LogP contribution in [0.15, 0.2) is 24.3 Å². The Kier molecular flexibility index (Phi) is 8.51. The average molecular weight is 325 g/mol. The van der Waals surface area contributed by atoms with Crippen molar-refractivity contribution in [1.29, 1.82) is 0 Å². The van der Waals surface area contributed by atoms with Gasteiger partial charge in [-0.2, -0.15) is 0 Å². The summed E-state index contributed by atoms with van der Waals surface area (Å²) in [5.41, 5.74) is 2.46. The molecule has 0 radical (unpaired) electrons. The fourth-order valence-electron chi connectivity index (χ4n) is 3.00. The van der Waals surface area contributed by atoms with E-state index in [1.54, 1.807) is 0 Å². The van der Waals surface area contributed by atoms with E-state index in [0.717, 1.165) is 50.4 Å². The zero-order valence-electron chi connectivity index (χ0n) is 13.8. The van der Waals surface area contributed by atoms with E-state index in [2.05, 4.69) is 36.5 Å². The van der Waals surface area contributed by atoms with Crippen LogP contribution in [-0.2, 0) is 17.6 Å². The molecule has 4 heteroatoms. The van der Waals surface area contributed by atoms with E-state index in [1.807, 2.05) is 11.9 Å². The second-order valence-electron chi connectivity index (χ2n) is 6.06. The van der Waals surface area contributed by atoms with Crippen molar-refractivity contribution in [3.05, 3.63) is 35.4 Å². The van der Waals surface area contributed by atoms with Crippen molar-refractivity contribution in [2.24, 2.45) is 5.92 Å². The summed E-state index contributed by atoms with van der Waals surface area (Å²) in [5.74, 6) is 1.07. The number of amides is 1. The van der Waals surface area contributed by atoms with E-state index in [0.29, 0.717) is 6.42 Å². The van der Waals surface area contributed by atoms with Crippen LogP contribution >= 0.6 is 12.4 Å². The minimum atomic E-state index is 0. The van der Waals surface area contributed by atoms with Crippen molar-refractivity contribution in [2.45, 2.75) is 39.0 Å². The smallest absolute Gasteiger partial charge is 0.226 e. The summed E-state index contributed by atoms with van der Waals surface area (Å²) in [6, 6.07) is 8.45. The van der Waals surface area contributed by atoms with Gasteiger partial charge in [0, 0.05) is 13.1 Å². The molecule has 0 bridgehead atoms. The molecular weight excluding hydrogens is 296 g/mol. The zero-order valence-corrected chi connectivity index (χ0v) is 14.6. The van der Waals surface area contributed by atoms with Crippen LogP contribution in [0.4, 0.5) is 0 Å². The number of benzene rings is 1. The third-order valence-electron chi connectivity index (χ3n) is 4.56. The Morgan fingerprint density at radius 3 is 2.32 bits per heavy atom. The van der Waals surface area contributed by atoms with Gasteiger partial charge in [-0.1, -0.05) is 31.2 Å². The Balaban J connectivity index is 0.00000242. The van der Waals surface area contributed by atoms with Crippen LogP contribution in [0.25, 0.3) is 0 Å². The Morgan fingerprint density at radius 2 is 1.77 bits per heavy atom. The molecule has 1 N–H and O–H groups in total. The summed E-state index contributed by atoms with van der Waals surface area (Å²) in [7, 11) is 2.00. The van der Waals surface area contributed by atoms with Crippen LogP contribution in [0.2, 0.25) is 0 Å². The van der Waals surface area contributed by atoms with Gasteiger partial charge in [-0.25, -0.2) is 0 Å². The summed E-state index contributed by atoms with van der Waals surface area (Å²) < 4.78 is 0. The molecule has 0 aliphatic carbocycles. The van der Waals surface area contributed by atoms with Gasteiger partial charge >= 0.3 is 0 Å². The van der Waals surface area contributed by atoms with E-state index in [-0.39, 0.29) is 18.3 Å². The van der Waals surface area contributed by atoms with Crippen LogP contribution in [0.1, 0.15) is 37.3 Å². The Labute approximate surface area is 140 Å². The first kappa shape index (κ1) is 19.0. The Bertz CT molecular complexity index is 439. The second kappa shape index (κ2) is 9.86. The number of aryl methyl sites for hydroxylation is 1. The van der Waals surface area contributed by atoms with Gasteiger partial charge in [-0.05, 0) is 56.3 Å². The summed E-state index contributed by atoms with van der Waals surface area (Å²) in [5, 5.41) is 3.21. The molecule has 1 heterocycles. The molecule has 22 heavy (non-hydrogen) atoms. The minimum absolute atomic E-state index is 0. The highest BCUT2D eigenvalue weighted by molar-refractivity contribution is 5.85. The lowest BCUT2D eigenvalue weighted by Gasteiger charge is -2.32. The van der Waals surface area contributed by atoms with Crippen LogP contribution in [0.5, 0.6) is 0 Å². The molecular formula is C18H29ClN2O. The number of halogens is 1. The number of nitrogens with one attached hydrogen (secondary N) is 1. The molecule has 1 aliphatic rings. The van der Waals surface area contributed by atoms with Crippen molar-refractivity contribution in [3.63, 3.8) is 0 Å². The summed E-state index contributed by atoms with van der Waals surface area (Å²) in [4.78, 5) is 14.4. The number of piperidine rings is 1. The molecule has 0 saturated carbocycles. The second-order valence-corrected chi connectivity index (χ2v) is 6.06. The van der Waals surface area contributed by atoms with Crippen molar-refractivity contribution >= 4 is 18.3 Å². The van der Waals surface area contributed by atoms with E-state index in [9.17, 15) is 4.79 Å². The average Bonchev–Trinajstić information content (AvgIpc) is 2.54. The fraction of sp³-hybridized carbons (Fsp3) is 0.611. The van der Waals surface area contributed by atoms with Crippen molar-refractivity contribution in [1.82, 2.24) is 10.2 Å². The van der Waals surface area contributed by atoms with E-state index in [1.165, 1.54) is 12.0 Å². The fourth-order valence-corrected chi connectivity index (χ4v) is 3.00. The number of hydrogen-bond donors (Lipinski definition) is 1. The minimum Gasteiger partial charge on any atom is -0.342 e. The number of carbonyl (C=O) groups is 1. The standard InChI is InChI=1S/C18H28N2O.ClH/c1-3-15-4-6-17(7-5-15)14-18(21)20-12-9-16(10-13-20)8-11-19-2;/h4-7,16,19H,3,8-14H2,1-2H3;1H. The number of hydrogen-bond acceptors (Lipinski definition) is 2. The van der Waals surface area contributed by atoms with E-state index >= 15 is 0 Å². The first-order chi connectivity index (χ1) is 10.2. The van der Waals surface area contributed by atoms with Crippen LogP contribution in [-0.4, -0.2) is 37.5 Å². The van der Waals surface area contributed by atoms with Gasteiger partial charge in [0.15, 0.2) is 0 Å². The summed E-state index contributed by atoms with van der Waals surface area (Å²) >= 11 is 0. The molecule has 0 atom stereocenters. The molecule has 0 unspecified atom stereocenters. The quantitative estimate of drug-likeness (QED) is 0.872. The topological polar surface area (TPSA) is 32.3 Å². The van der Waals surface area contributed by atoms with Gasteiger partial charge in [-0.15, -0.1) is 12.4 Å². The van der Waals surface area contributed by atoms with Crippen LogP contribution < -0.4 is 5.32 Å². The molecule has 1 amide bonds. The molecule has 1 aliphatic heterocycles. The monoisotopic (exact) mass is 324 g/mol. The first-order valence-corrected chi connectivity index (χ1v) is 8.23. The molecule has 1 aromatic carbocycles. The lowest BCUT2D eigenvalue weighted by atomic mass is 9.93. The van der Waals surface area contributed by atoms with Crippen molar-refractivity contribution < 1.29 is 4.79 Å². The number of rotatable bonds is 6. The molecule has 2 rings (SSSR count). The third kappa shape index (κ3) is 5.62. The highest BCUT2D eigenvalue weighted by atomic mass is 35.5. The zero-order chi connectivity index (χ0) is 15.1. The van der Waals surface area contributed by atoms with Gasteiger partial charge < -0.3 is 10.2 Å². The van der Waals surface area contributed by atoms with Gasteiger partial charge in [0.2, 0.25) is 5.91 Å². The summed E-state index contributed by atoms with van der Waals surface area (Å²) in [6.45, 7) is 5.10.